The second kappa shape index (κ2) is 7.14. The van der Waals surface area contributed by atoms with Gasteiger partial charge in [-0.15, -0.1) is 31.3 Å². The summed E-state index contributed by atoms with van der Waals surface area (Å²) >= 11 is 6.23. The molecule has 12 heavy (non-hydrogen) atoms. The summed E-state index contributed by atoms with van der Waals surface area (Å²) in [5, 5.41) is 0. The van der Waals surface area contributed by atoms with E-state index in [9.17, 15) is 0 Å². The molecule has 0 radical (unpaired) electrons. The summed E-state index contributed by atoms with van der Waals surface area (Å²) in [6.45, 7) is 11.0. The molecule has 0 aliphatic carbocycles. The van der Waals surface area contributed by atoms with E-state index in [1.165, 1.54) is 0 Å². The van der Waals surface area contributed by atoms with Crippen molar-refractivity contribution in [3.63, 3.8) is 0 Å². The molecule has 0 aromatic carbocycles. The van der Waals surface area contributed by atoms with Crippen LogP contribution in [0.2, 0.25) is 0 Å². The Balaban J connectivity index is 0. The third-order valence-corrected chi connectivity index (χ3v) is 1.99. The van der Waals surface area contributed by atoms with Crippen molar-refractivity contribution in [2.24, 2.45) is 0 Å². The van der Waals surface area contributed by atoms with Gasteiger partial charge in [-0.05, 0) is 19.3 Å². The van der Waals surface area contributed by atoms with E-state index in [2.05, 4.69) is 19.7 Å². The molecule has 2 heteroatoms. The first-order chi connectivity index (χ1) is 5.18. The number of hydrogen-bond acceptors (Lipinski definition) is 1. The van der Waals surface area contributed by atoms with Crippen molar-refractivity contribution in [1.29, 1.82) is 0 Å². The van der Waals surface area contributed by atoms with Gasteiger partial charge in [0.2, 0.25) is 0 Å². The summed E-state index contributed by atoms with van der Waals surface area (Å²) in [6.07, 6.45) is 7.89. The molecule has 0 aliphatic heterocycles. The Labute approximate surface area is 80.4 Å². The van der Waals surface area contributed by atoms with E-state index >= 15 is 0 Å². The number of halogens is 1. The molecule has 0 aromatic heterocycles. The van der Waals surface area contributed by atoms with Gasteiger partial charge in [0.15, 0.2) is 0 Å². The molecule has 0 rings (SSSR count). The molecule has 0 bridgehead atoms. The van der Waals surface area contributed by atoms with E-state index in [1.54, 1.807) is 0 Å². The van der Waals surface area contributed by atoms with Crippen LogP contribution >= 0.6 is 11.6 Å². The zero-order chi connectivity index (χ0) is 8.74. The lowest BCUT2D eigenvalue weighted by atomic mass is 9.96. The van der Waals surface area contributed by atoms with Crippen molar-refractivity contribution >= 4 is 11.6 Å². The molecule has 0 heterocycles. The molecule has 3 N–H and O–H groups in total. The van der Waals surface area contributed by atoms with Crippen LogP contribution in [0.25, 0.3) is 0 Å². The average molecular weight is 188 g/mol. The molecule has 0 atom stereocenters. The standard InChI is InChI=1S/C10H15Cl.H3N/c1-4-7-10(11,8-5-2)9-6-3;/h4-6H,1-3,7-9H2;1H3. The van der Waals surface area contributed by atoms with Crippen LogP contribution in [-0.4, -0.2) is 4.87 Å². The topological polar surface area (TPSA) is 35.0 Å². The fourth-order valence-corrected chi connectivity index (χ4v) is 1.35. The van der Waals surface area contributed by atoms with Crippen molar-refractivity contribution in [2.75, 3.05) is 0 Å². The summed E-state index contributed by atoms with van der Waals surface area (Å²) < 4.78 is 0. The minimum atomic E-state index is -0.231. The van der Waals surface area contributed by atoms with E-state index < -0.39 is 0 Å². The predicted molar refractivity (Wildman–Crippen MR) is 58.0 cm³/mol. The number of allylic oxidation sites excluding steroid dienone is 3. The Morgan fingerprint density at radius 2 is 1.17 bits per heavy atom. The van der Waals surface area contributed by atoms with Crippen LogP contribution in [0.4, 0.5) is 0 Å². The van der Waals surface area contributed by atoms with Crippen molar-refractivity contribution < 1.29 is 0 Å². The van der Waals surface area contributed by atoms with E-state index in [0.717, 1.165) is 19.3 Å². The molecule has 0 amide bonds. The molecule has 0 spiro atoms. The summed E-state index contributed by atoms with van der Waals surface area (Å²) in [6, 6.07) is 0. The van der Waals surface area contributed by atoms with Gasteiger partial charge in [-0.25, -0.2) is 0 Å². The van der Waals surface area contributed by atoms with Crippen molar-refractivity contribution in [3.8, 4) is 0 Å². The summed E-state index contributed by atoms with van der Waals surface area (Å²) in [4.78, 5) is -0.231. The molecule has 0 unspecified atom stereocenters. The van der Waals surface area contributed by atoms with Crippen LogP contribution in [0.1, 0.15) is 19.3 Å². The van der Waals surface area contributed by atoms with Gasteiger partial charge in [0.05, 0.1) is 4.87 Å². The van der Waals surface area contributed by atoms with Gasteiger partial charge in [-0.2, -0.15) is 0 Å². The first-order valence-electron chi connectivity index (χ1n) is 3.70. The van der Waals surface area contributed by atoms with E-state index in [0.29, 0.717) is 0 Å². The third-order valence-electron chi connectivity index (χ3n) is 1.53. The Bertz CT molecular complexity index is 125. The summed E-state index contributed by atoms with van der Waals surface area (Å²) in [5.41, 5.74) is 0. The second-order valence-electron chi connectivity index (χ2n) is 2.63. The minimum absolute atomic E-state index is 0. The fraction of sp³-hybridized carbons (Fsp3) is 0.400. The van der Waals surface area contributed by atoms with Crippen LogP contribution in [0.15, 0.2) is 38.0 Å². The van der Waals surface area contributed by atoms with Gasteiger partial charge >= 0.3 is 0 Å². The normalized spacial score (nSPS) is 9.75. The van der Waals surface area contributed by atoms with Crippen LogP contribution < -0.4 is 6.15 Å². The molecule has 70 valence electrons. The maximum atomic E-state index is 6.23. The maximum absolute atomic E-state index is 6.23. The molecule has 0 fully saturated rings. The van der Waals surface area contributed by atoms with Crippen molar-refractivity contribution in [1.82, 2.24) is 6.15 Å². The Hall–Kier alpha value is -0.530. The zero-order valence-corrected chi connectivity index (χ0v) is 8.32. The number of rotatable bonds is 6. The SMILES string of the molecule is C=CCC(Cl)(CC=C)CC=C.N. The quantitative estimate of drug-likeness (QED) is 0.498. The smallest absolute Gasteiger partial charge is 0.0549 e. The molecule has 0 saturated heterocycles. The summed E-state index contributed by atoms with van der Waals surface area (Å²) in [5.74, 6) is 0. The van der Waals surface area contributed by atoms with Gasteiger partial charge < -0.3 is 6.15 Å². The Morgan fingerprint density at radius 1 is 0.917 bits per heavy atom. The van der Waals surface area contributed by atoms with Gasteiger partial charge in [-0.1, -0.05) is 18.2 Å². The van der Waals surface area contributed by atoms with Gasteiger partial charge in [0, 0.05) is 0 Å². The highest BCUT2D eigenvalue weighted by molar-refractivity contribution is 6.24. The first kappa shape index (κ1) is 14.0. The highest BCUT2D eigenvalue weighted by atomic mass is 35.5. The first-order valence-corrected chi connectivity index (χ1v) is 4.08. The lowest BCUT2D eigenvalue weighted by molar-refractivity contribution is 0.597. The van der Waals surface area contributed by atoms with Crippen LogP contribution in [-0.2, 0) is 0 Å². The average Bonchev–Trinajstić information content (AvgIpc) is 1.88. The molecule has 0 aliphatic rings. The summed E-state index contributed by atoms with van der Waals surface area (Å²) in [7, 11) is 0. The van der Waals surface area contributed by atoms with Gasteiger partial charge in [0.1, 0.15) is 0 Å². The lowest BCUT2D eigenvalue weighted by Gasteiger charge is -2.21. The van der Waals surface area contributed by atoms with Crippen LogP contribution in [0.3, 0.4) is 0 Å². The van der Waals surface area contributed by atoms with Crippen LogP contribution in [0, 0.1) is 0 Å². The lowest BCUT2D eigenvalue weighted by Crippen LogP contribution is -2.18. The maximum Gasteiger partial charge on any atom is 0.0549 e. The van der Waals surface area contributed by atoms with E-state index in [-0.39, 0.29) is 11.0 Å². The monoisotopic (exact) mass is 187 g/mol. The highest BCUT2D eigenvalue weighted by Crippen LogP contribution is 2.29. The van der Waals surface area contributed by atoms with Crippen LogP contribution in [0.5, 0.6) is 0 Å². The number of alkyl halides is 1. The van der Waals surface area contributed by atoms with Crippen molar-refractivity contribution in [3.05, 3.63) is 38.0 Å². The molecular weight excluding hydrogens is 170 g/mol. The predicted octanol–water partition coefficient (Wildman–Crippen LogP) is 3.85. The van der Waals surface area contributed by atoms with Gasteiger partial charge in [-0.3, -0.25) is 0 Å². The highest BCUT2D eigenvalue weighted by Gasteiger charge is 2.21. The molecule has 0 aromatic rings. The zero-order valence-electron chi connectivity index (χ0n) is 7.56. The Kier molecular flexibility index (Phi) is 8.34. The second-order valence-corrected chi connectivity index (χ2v) is 3.43. The van der Waals surface area contributed by atoms with E-state index in [4.69, 9.17) is 11.6 Å². The Morgan fingerprint density at radius 3 is 1.33 bits per heavy atom. The fourth-order valence-electron chi connectivity index (χ4n) is 1.03. The van der Waals surface area contributed by atoms with Gasteiger partial charge in [0.25, 0.3) is 0 Å². The minimum Gasteiger partial charge on any atom is -0.344 e. The molecular formula is C10H18ClN. The van der Waals surface area contributed by atoms with E-state index in [1.807, 2.05) is 18.2 Å². The largest absolute Gasteiger partial charge is 0.344 e. The molecule has 1 nitrogen and oxygen atoms in total. The third kappa shape index (κ3) is 5.16. The van der Waals surface area contributed by atoms with Crippen molar-refractivity contribution in [2.45, 2.75) is 24.1 Å². The number of hydrogen-bond donors (Lipinski definition) is 1. The molecule has 0 saturated carbocycles.